The minimum absolute atomic E-state index is 0.0223. The van der Waals surface area contributed by atoms with Crippen LogP contribution in [0.4, 0.5) is 0 Å². The summed E-state index contributed by atoms with van der Waals surface area (Å²) in [6.07, 6.45) is 0.261. The third kappa shape index (κ3) is 5.84. The summed E-state index contributed by atoms with van der Waals surface area (Å²) in [4.78, 5) is 23.2. The number of methoxy groups -OCH3 is 1. The van der Waals surface area contributed by atoms with Crippen LogP contribution in [-0.2, 0) is 22.6 Å². The van der Waals surface area contributed by atoms with Crippen LogP contribution in [0.15, 0.2) is 48.5 Å². The van der Waals surface area contributed by atoms with E-state index in [1.165, 1.54) is 0 Å². The summed E-state index contributed by atoms with van der Waals surface area (Å²) in [7, 11) is 3.15. The highest BCUT2D eigenvalue weighted by Crippen LogP contribution is 2.17. The van der Waals surface area contributed by atoms with Crippen molar-refractivity contribution in [2.45, 2.75) is 13.0 Å². The lowest BCUT2D eigenvalue weighted by molar-refractivity contribution is -0.122. The van der Waals surface area contributed by atoms with E-state index < -0.39 is 0 Å². The first-order valence-corrected chi connectivity index (χ1v) is 7.93. The molecule has 0 aliphatic heterocycles. The number of para-hydroxylation sites is 1. The Balaban J connectivity index is 1.82. The van der Waals surface area contributed by atoms with E-state index in [-0.39, 0.29) is 24.8 Å². The van der Waals surface area contributed by atoms with Crippen LogP contribution in [-0.4, -0.2) is 32.6 Å². The Morgan fingerprint density at radius 3 is 2.40 bits per heavy atom. The third-order valence-corrected chi connectivity index (χ3v) is 3.61. The van der Waals surface area contributed by atoms with E-state index in [0.717, 1.165) is 11.1 Å². The highest BCUT2D eigenvalue weighted by Gasteiger charge is 2.08. The van der Waals surface area contributed by atoms with Crippen LogP contribution in [0.5, 0.6) is 11.5 Å². The van der Waals surface area contributed by atoms with E-state index in [1.807, 2.05) is 36.4 Å². The molecule has 0 bridgehead atoms. The van der Waals surface area contributed by atoms with E-state index in [2.05, 4.69) is 10.6 Å². The van der Waals surface area contributed by atoms with Crippen molar-refractivity contribution in [3.8, 4) is 11.5 Å². The monoisotopic (exact) mass is 342 g/mol. The average molecular weight is 342 g/mol. The van der Waals surface area contributed by atoms with Gasteiger partial charge in [0, 0.05) is 19.2 Å². The number of benzene rings is 2. The van der Waals surface area contributed by atoms with Gasteiger partial charge in [-0.05, 0) is 23.8 Å². The summed E-state index contributed by atoms with van der Waals surface area (Å²) in [6.45, 7) is 0.398. The van der Waals surface area contributed by atoms with Gasteiger partial charge in [-0.3, -0.25) is 9.59 Å². The summed E-state index contributed by atoms with van der Waals surface area (Å²) >= 11 is 0. The summed E-state index contributed by atoms with van der Waals surface area (Å²) in [6, 6.07) is 14.7. The van der Waals surface area contributed by atoms with Gasteiger partial charge in [-0.15, -0.1) is 0 Å². The zero-order chi connectivity index (χ0) is 18.1. The molecule has 0 aliphatic rings. The van der Waals surface area contributed by atoms with Crippen molar-refractivity contribution >= 4 is 11.8 Å². The molecular weight excluding hydrogens is 320 g/mol. The number of nitrogens with one attached hydrogen (secondary N) is 2. The van der Waals surface area contributed by atoms with Crippen molar-refractivity contribution < 1.29 is 19.1 Å². The number of amides is 2. The molecule has 0 fully saturated rings. The van der Waals surface area contributed by atoms with Gasteiger partial charge >= 0.3 is 0 Å². The summed E-state index contributed by atoms with van der Waals surface area (Å²) in [5, 5.41) is 5.37. The molecule has 6 nitrogen and oxygen atoms in total. The SMILES string of the molecule is CNC(=O)COc1ccc(CNC(=O)Cc2ccccc2OC)cc1. The van der Waals surface area contributed by atoms with Crippen molar-refractivity contribution in [3.05, 3.63) is 59.7 Å². The summed E-state index contributed by atoms with van der Waals surface area (Å²) in [5.74, 6) is 1.04. The van der Waals surface area contributed by atoms with Gasteiger partial charge in [0.15, 0.2) is 6.61 Å². The minimum atomic E-state index is -0.187. The third-order valence-electron chi connectivity index (χ3n) is 3.61. The van der Waals surface area contributed by atoms with E-state index in [4.69, 9.17) is 9.47 Å². The normalized spacial score (nSPS) is 10.0. The van der Waals surface area contributed by atoms with Crippen LogP contribution in [0.25, 0.3) is 0 Å². The van der Waals surface area contributed by atoms with Gasteiger partial charge in [0.2, 0.25) is 5.91 Å². The number of likely N-dealkylation sites (N-methyl/N-ethyl adjacent to an activating group) is 1. The molecule has 0 atom stereocenters. The zero-order valence-electron chi connectivity index (χ0n) is 14.4. The number of hydrogen-bond donors (Lipinski definition) is 2. The Hall–Kier alpha value is -3.02. The van der Waals surface area contributed by atoms with Crippen LogP contribution in [0.1, 0.15) is 11.1 Å². The second-order valence-corrected chi connectivity index (χ2v) is 5.37. The van der Waals surface area contributed by atoms with Crippen LogP contribution in [0.2, 0.25) is 0 Å². The second-order valence-electron chi connectivity index (χ2n) is 5.37. The molecule has 2 aromatic rings. The number of carbonyl (C=O) groups excluding carboxylic acids is 2. The van der Waals surface area contributed by atoms with Crippen LogP contribution in [0, 0.1) is 0 Å². The first-order valence-electron chi connectivity index (χ1n) is 7.93. The molecule has 2 amide bonds. The fraction of sp³-hybridized carbons (Fsp3) is 0.263. The van der Waals surface area contributed by atoms with Gasteiger partial charge in [-0.1, -0.05) is 30.3 Å². The fourth-order valence-electron chi connectivity index (χ4n) is 2.21. The Kier molecular flexibility index (Phi) is 6.83. The number of carbonyl (C=O) groups is 2. The lowest BCUT2D eigenvalue weighted by Crippen LogP contribution is -2.25. The zero-order valence-corrected chi connectivity index (χ0v) is 14.4. The second kappa shape index (κ2) is 9.32. The number of hydrogen-bond acceptors (Lipinski definition) is 4. The van der Waals surface area contributed by atoms with E-state index in [9.17, 15) is 9.59 Å². The Morgan fingerprint density at radius 1 is 1.00 bits per heavy atom. The van der Waals surface area contributed by atoms with Gasteiger partial charge < -0.3 is 20.1 Å². The summed E-state index contributed by atoms with van der Waals surface area (Å²) < 4.78 is 10.6. The van der Waals surface area contributed by atoms with Gasteiger partial charge in [-0.25, -0.2) is 0 Å². The molecule has 2 aromatic carbocycles. The van der Waals surface area contributed by atoms with Gasteiger partial charge in [-0.2, -0.15) is 0 Å². The predicted octanol–water partition coefficient (Wildman–Crippen LogP) is 1.68. The van der Waals surface area contributed by atoms with Crippen molar-refractivity contribution in [3.63, 3.8) is 0 Å². The molecule has 2 N–H and O–H groups in total. The number of ether oxygens (including phenoxy) is 2. The molecule has 0 spiro atoms. The molecule has 0 heterocycles. The average Bonchev–Trinajstić information content (AvgIpc) is 2.65. The minimum Gasteiger partial charge on any atom is -0.496 e. The molecule has 0 radical (unpaired) electrons. The topological polar surface area (TPSA) is 76.7 Å². The van der Waals surface area contributed by atoms with Gasteiger partial charge in [0.1, 0.15) is 11.5 Å². The lowest BCUT2D eigenvalue weighted by Gasteiger charge is -2.10. The van der Waals surface area contributed by atoms with Crippen molar-refractivity contribution in [1.29, 1.82) is 0 Å². The lowest BCUT2D eigenvalue weighted by atomic mass is 10.1. The maximum absolute atomic E-state index is 12.1. The Bertz CT molecular complexity index is 714. The first kappa shape index (κ1) is 18.3. The number of rotatable bonds is 8. The summed E-state index contributed by atoms with van der Waals surface area (Å²) in [5.41, 5.74) is 1.79. The molecule has 6 heteroatoms. The van der Waals surface area contributed by atoms with Crippen molar-refractivity contribution in [1.82, 2.24) is 10.6 Å². The van der Waals surface area contributed by atoms with Crippen LogP contribution >= 0.6 is 0 Å². The predicted molar refractivity (Wildman–Crippen MR) is 94.5 cm³/mol. The van der Waals surface area contributed by atoms with Gasteiger partial charge in [0.25, 0.3) is 5.91 Å². The Morgan fingerprint density at radius 2 is 1.72 bits per heavy atom. The van der Waals surface area contributed by atoms with E-state index in [1.54, 1.807) is 26.3 Å². The maximum Gasteiger partial charge on any atom is 0.257 e. The molecule has 0 unspecified atom stereocenters. The van der Waals surface area contributed by atoms with E-state index >= 15 is 0 Å². The van der Waals surface area contributed by atoms with Crippen LogP contribution < -0.4 is 20.1 Å². The molecule has 25 heavy (non-hydrogen) atoms. The van der Waals surface area contributed by atoms with Crippen molar-refractivity contribution in [2.24, 2.45) is 0 Å². The van der Waals surface area contributed by atoms with Crippen LogP contribution in [0.3, 0.4) is 0 Å². The smallest absolute Gasteiger partial charge is 0.257 e. The molecule has 0 aliphatic carbocycles. The molecular formula is C19H22N2O4. The highest BCUT2D eigenvalue weighted by atomic mass is 16.5. The highest BCUT2D eigenvalue weighted by molar-refractivity contribution is 5.79. The Labute approximate surface area is 147 Å². The first-order chi connectivity index (χ1) is 12.1. The molecule has 2 rings (SSSR count). The molecule has 0 saturated carbocycles. The fourth-order valence-corrected chi connectivity index (χ4v) is 2.21. The quantitative estimate of drug-likeness (QED) is 0.765. The maximum atomic E-state index is 12.1. The van der Waals surface area contributed by atoms with Gasteiger partial charge in [0.05, 0.1) is 13.5 Å². The standard InChI is InChI=1S/C19H22N2O4/c1-20-19(23)13-25-16-9-7-14(8-10-16)12-21-18(22)11-15-5-3-4-6-17(15)24-2/h3-10H,11-13H2,1-2H3,(H,20,23)(H,21,22). The molecule has 132 valence electrons. The van der Waals surface area contributed by atoms with E-state index in [0.29, 0.717) is 18.0 Å². The largest absolute Gasteiger partial charge is 0.496 e. The molecule has 0 aromatic heterocycles. The molecule has 0 saturated heterocycles. The van der Waals surface area contributed by atoms with Crippen molar-refractivity contribution in [2.75, 3.05) is 20.8 Å².